The van der Waals surface area contributed by atoms with Crippen LogP contribution < -0.4 is 0 Å². The summed E-state index contributed by atoms with van der Waals surface area (Å²) >= 11 is 0. The van der Waals surface area contributed by atoms with E-state index in [-0.39, 0.29) is 30.6 Å². The van der Waals surface area contributed by atoms with Crippen molar-refractivity contribution in [1.82, 2.24) is 9.80 Å². The number of likely N-dealkylation sites (N-methyl/N-ethyl adjacent to an activating group) is 1. The molecule has 0 aromatic carbocycles. The second kappa shape index (κ2) is 24.1. The van der Waals surface area contributed by atoms with Crippen molar-refractivity contribution >= 4 is 11.8 Å². The van der Waals surface area contributed by atoms with Crippen molar-refractivity contribution in [1.29, 1.82) is 0 Å². The highest BCUT2D eigenvalue weighted by atomic mass is 16.7. The van der Waals surface area contributed by atoms with Crippen molar-refractivity contribution in [3.05, 3.63) is 11.6 Å². The fourth-order valence-corrected chi connectivity index (χ4v) is 10.3. The summed E-state index contributed by atoms with van der Waals surface area (Å²) in [4.78, 5) is 32.2. The molecular formula is C46H82N2O13. The van der Waals surface area contributed by atoms with Crippen molar-refractivity contribution in [3.63, 3.8) is 0 Å². The smallest absolute Gasteiger partial charge is 0.308 e. The molecule has 0 aromatic heterocycles. The lowest BCUT2D eigenvalue weighted by Crippen LogP contribution is -2.63. The fourth-order valence-electron chi connectivity index (χ4n) is 10.3. The SMILES string of the molecule is CCC1OC(=O)C[C@@H](O)[C@H](C)C(O[C@@H]2O[C@H](C)[C@@H](O)[C@H](N(C)C)[C@H]2O)[C@@H](CCN2CC(C)CC(C)C2)C[C@@H](C)C(=O)CC/C(C)=C/[C@@H]1CO[C@@H]1O[C@H](C)[C@@H](O)[C@@H](OC)[C@H]1OC. The van der Waals surface area contributed by atoms with Crippen LogP contribution in [0.1, 0.15) is 100 Å². The van der Waals surface area contributed by atoms with Crippen LogP contribution in [0, 0.1) is 35.5 Å². The van der Waals surface area contributed by atoms with Gasteiger partial charge < -0.3 is 63.4 Å². The van der Waals surface area contributed by atoms with Crippen LogP contribution in [0.25, 0.3) is 0 Å². The van der Waals surface area contributed by atoms with Crippen LogP contribution in [0.5, 0.6) is 0 Å². The van der Waals surface area contributed by atoms with Crippen LogP contribution >= 0.6 is 0 Å². The van der Waals surface area contributed by atoms with Gasteiger partial charge in [-0.25, -0.2) is 0 Å². The summed E-state index contributed by atoms with van der Waals surface area (Å²) in [7, 11) is 6.57. The van der Waals surface area contributed by atoms with Gasteiger partial charge in [0.2, 0.25) is 0 Å². The summed E-state index contributed by atoms with van der Waals surface area (Å²) in [5.41, 5.74) is 0.942. The number of allylic oxidation sites excluding steroid dienone is 1. The summed E-state index contributed by atoms with van der Waals surface area (Å²) in [5, 5.41) is 45.3. The van der Waals surface area contributed by atoms with E-state index in [0.717, 1.165) is 25.2 Å². The van der Waals surface area contributed by atoms with Gasteiger partial charge in [-0.3, -0.25) is 9.59 Å². The Labute approximate surface area is 365 Å². The minimum Gasteiger partial charge on any atom is -0.462 e. The molecule has 0 spiro atoms. The van der Waals surface area contributed by atoms with Gasteiger partial charge in [-0.1, -0.05) is 46.3 Å². The van der Waals surface area contributed by atoms with Gasteiger partial charge in [0.25, 0.3) is 0 Å². The van der Waals surface area contributed by atoms with Gasteiger partial charge in [0.05, 0.1) is 49.6 Å². The number of nitrogens with zero attached hydrogens (tertiary/aromatic N) is 2. The topological polar surface area (TPSA) is 186 Å². The molecule has 4 aliphatic rings. The number of rotatable bonds is 12. The van der Waals surface area contributed by atoms with E-state index in [9.17, 15) is 30.0 Å². The Morgan fingerprint density at radius 2 is 1.44 bits per heavy atom. The largest absolute Gasteiger partial charge is 0.462 e. The third kappa shape index (κ3) is 13.9. The van der Waals surface area contributed by atoms with Gasteiger partial charge in [-0.05, 0) is 91.3 Å². The first-order valence-corrected chi connectivity index (χ1v) is 22.9. The Balaban J connectivity index is 1.66. The van der Waals surface area contributed by atoms with Crippen LogP contribution in [0.4, 0.5) is 0 Å². The molecule has 4 heterocycles. The molecule has 4 unspecified atom stereocenters. The Bertz CT molecular complexity index is 1380. The molecule has 354 valence electrons. The van der Waals surface area contributed by atoms with E-state index < -0.39 is 97.5 Å². The molecule has 0 aliphatic carbocycles. The first-order valence-electron chi connectivity index (χ1n) is 22.9. The molecule has 61 heavy (non-hydrogen) atoms. The highest BCUT2D eigenvalue weighted by Gasteiger charge is 2.48. The molecule has 15 heteroatoms. The number of hydrogen-bond donors (Lipinski definition) is 4. The number of piperidine rings is 1. The van der Waals surface area contributed by atoms with Crippen LogP contribution in [0.3, 0.4) is 0 Å². The lowest BCUT2D eigenvalue weighted by molar-refractivity contribution is -0.304. The molecule has 4 rings (SSSR count). The predicted molar refractivity (Wildman–Crippen MR) is 229 cm³/mol. The molecule has 0 aromatic rings. The maximum absolute atomic E-state index is 14.1. The summed E-state index contributed by atoms with van der Waals surface area (Å²) < 4.78 is 42.7. The zero-order chi connectivity index (χ0) is 45.3. The molecule has 4 N–H and O–H groups in total. The molecular weight excluding hydrogens is 789 g/mol. The van der Waals surface area contributed by atoms with Crippen molar-refractivity contribution in [2.45, 2.75) is 180 Å². The Hall–Kier alpha value is -1.60. The number of carbonyl (C=O) groups excluding carboxylic acids is 2. The van der Waals surface area contributed by atoms with Crippen molar-refractivity contribution in [3.8, 4) is 0 Å². The Morgan fingerprint density at radius 3 is 2.05 bits per heavy atom. The van der Waals surface area contributed by atoms with Crippen LogP contribution in [0.15, 0.2) is 11.6 Å². The van der Waals surface area contributed by atoms with Gasteiger partial charge in [0, 0.05) is 51.5 Å². The third-order valence-corrected chi connectivity index (χ3v) is 13.8. The molecule has 0 bridgehead atoms. The molecule has 3 fully saturated rings. The molecule has 0 saturated carbocycles. The van der Waals surface area contributed by atoms with E-state index in [4.69, 9.17) is 33.2 Å². The second-order valence-electron chi connectivity index (χ2n) is 19.3. The number of Topliss-reactive ketones (excluding diaryl/α,β-unsaturated/α-hetero) is 1. The quantitative estimate of drug-likeness (QED) is 0.165. The number of esters is 1. The third-order valence-electron chi connectivity index (χ3n) is 13.8. The van der Waals surface area contributed by atoms with E-state index in [1.54, 1.807) is 32.8 Å². The molecule has 0 amide bonds. The van der Waals surface area contributed by atoms with Gasteiger partial charge in [0.15, 0.2) is 12.6 Å². The minimum absolute atomic E-state index is 0.0765. The number of likely N-dealkylation sites (tertiary alicyclic amines) is 1. The number of carbonyl (C=O) groups is 2. The maximum atomic E-state index is 14.1. The van der Waals surface area contributed by atoms with E-state index in [2.05, 4.69) is 18.7 Å². The first kappa shape index (κ1) is 52.0. The molecule has 19 atom stereocenters. The molecule has 4 aliphatic heterocycles. The summed E-state index contributed by atoms with van der Waals surface area (Å²) in [6.07, 6.45) is -5.13. The van der Waals surface area contributed by atoms with E-state index in [1.165, 1.54) is 20.6 Å². The Kier molecular flexibility index (Phi) is 20.5. The van der Waals surface area contributed by atoms with Crippen LogP contribution in [-0.2, 0) is 42.7 Å². The lowest BCUT2D eigenvalue weighted by Gasteiger charge is -2.47. The first-order chi connectivity index (χ1) is 28.8. The predicted octanol–water partition coefficient (Wildman–Crippen LogP) is 3.57. The molecule has 0 radical (unpaired) electrons. The number of cyclic esters (lactones) is 1. The summed E-state index contributed by atoms with van der Waals surface area (Å²) in [6, 6.07) is -0.675. The van der Waals surface area contributed by atoms with Crippen LogP contribution in [-0.4, -0.2) is 176 Å². The van der Waals surface area contributed by atoms with Gasteiger partial charge in [-0.15, -0.1) is 0 Å². The van der Waals surface area contributed by atoms with Crippen LogP contribution in [0.2, 0.25) is 0 Å². The van der Waals surface area contributed by atoms with Crippen molar-refractivity contribution < 1.29 is 63.2 Å². The number of ether oxygens (including phenoxy) is 7. The number of aliphatic hydroxyl groups excluding tert-OH is 4. The molecule has 15 nitrogen and oxygen atoms in total. The average molecular weight is 871 g/mol. The maximum Gasteiger partial charge on any atom is 0.308 e. The normalized spacial score (nSPS) is 44.1. The van der Waals surface area contributed by atoms with E-state index >= 15 is 0 Å². The highest BCUT2D eigenvalue weighted by molar-refractivity contribution is 5.80. The number of ketones is 1. The van der Waals surface area contributed by atoms with E-state index in [0.29, 0.717) is 43.9 Å². The molecule has 3 saturated heterocycles. The number of aliphatic hydroxyl groups is 4. The van der Waals surface area contributed by atoms with Crippen molar-refractivity contribution in [2.24, 2.45) is 35.5 Å². The average Bonchev–Trinajstić information content (AvgIpc) is 3.19. The number of methoxy groups -OCH3 is 2. The van der Waals surface area contributed by atoms with Gasteiger partial charge in [-0.2, -0.15) is 0 Å². The van der Waals surface area contributed by atoms with Crippen molar-refractivity contribution in [2.75, 3.05) is 54.6 Å². The highest BCUT2D eigenvalue weighted by Crippen LogP contribution is 2.36. The van der Waals surface area contributed by atoms with Gasteiger partial charge >= 0.3 is 5.97 Å². The number of hydrogen-bond acceptors (Lipinski definition) is 15. The monoisotopic (exact) mass is 871 g/mol. The second-order valence-corrected chi connectivity index (χ2v) is 19.3. The minimum atomic E-state index is -1.22. The zero-order valence-corrected chi connectivity index (χ0v) is 39.2. The fraction of sp³-hybridized carbons (Fsp3) is 0.913. The lowest BCUT2D eigenvalue weighted by atomic mass is 9.78. The van der Waals surface area contributed by atoms with E-state index in [1.807, 2.05) is 33.8 Å². The standard InChI is InChI=1S/C46H82N2O13/c1-13-36-33(24-57-46-44(56-12)43(55-11)40(53)31(8)59-46)19-25(2)14-15-34(49)28(5)20-32(16-17-48-22-26(3)18-27(4)23-48)42(29(6)35(50)21-37(51)60-36)61-45-41(54)38(47(9)10)39(52)30(7)58-45/h19,26-33,35-36,38-46,50,52-54H,13-18,20-24H2,1-12H3/b25-19+/t26?,27?,28-,29+,30-,31-,32+,33-,35-,36?,38+,39-,40-,41-,42?,43-,44-,45+,46-/m1/s1. The summed E-state index contributed by atoms with van der Waals surface area (Å²) in [6.45, 7) is 18.5. The Morgan fingerprint density at radius 1 is 0.820 bits per heavy atom. The summed E-state index contributed by atoms with van der Waals surface area (Å²) in [5.74, 6) is -1.05. The zero-order valence-electron chi connectivity index (χ0n) is 39.2. The van der Waals surface area contributed by atoms with Gasteiger partial charge in [0.1, 0.15) is 36.3 Å².